The number of alkyl halides is 2. The van der Waals surface area contributed by atoms with Crippen LogP contribution in [0, 0.1) is 11.3 Å². The number of carboxylic acid groups (broad SMARTS) is 1. The van der Waals surface area contributed by atoms with Gasteiger partial charge >= 0.3 is 5.97 Å². The number of nitrogens with one attached hydrogen (secondary N) is 1. The second kappa shape index (κ2) is 8.78. The highest BCUT2D eigenvalue weighted by molar-refractivity contribution is 7.99. The van der Waals surface area contributed by atoms with E-state index in [2.05, 4.69) is 5.32 Å². The third-order valence-electron chi connectivity index (χ3n) is 3.17. The lowest BCUT2D eigenvalue weighted by Crippen LogP contribution is -2.13. The minimum Gasteiger partial charge on any atom is -0.478 e. The maximum absolute atomic E-state index is 12.3. The number of carboxylic acids is 1. The predicted octanol–water partition coefficient (Wildman–Crippen LogP) is 4.25. The molecule has 0 saturated carbocycles. The van der Waals surface area contributed by atoms with E-state index in [9.17, 15) is 18.4 Å². The van der Waals surface area contributed by atoms with Crippen LogP contribution in [-0.2, 0) is 4.79 Å². The number of aromatic carboxylic acids is 1. The standard InChI is InChI=1S/C18H12F2N2O3S/c19-18(20)26-15-7-5-14(6-8-15)22-16(23)13(10-21)9-11-1-3-12(4-2-11)17(24)25/h1-9,18H,(H,22,23)(H,24,25)/b13-9+. The molecule has 0 aliphatic carbocycles. The summed E-state index contributed by atoms with van der Waals surface area (Å²) in [5.41, 5.74) is 0.757. The van der Waals surface area contributed by atoms with Gasteiger partial charge in [0.15, 0.2) is 0 Å². The van der Waals surface area contributed by atoms with Crippen molar-refractivity contribution < 1.29 is 23.5 Å². The summed E-state index contributed by atoms with van der Waals surface area (Å²) in [6, 6.07) is 13.2. The highest BCUT2D eigenvalue weighted by atomic mass is 32.2. The Morgan fingerprint density at radius 3 is 2.23 bits per heavy atom. The van der Waals surface area contributed by atoms with Gasteiger partial charge in [-0.25, -0.2) is 4.79 Å². The number of benzene rings is 2. The van der Waals surface area contributed by atoms with Gasteiger partial charge in [-0.05, 0) is 48.0 Å². The van der Waals surface area contributed by atoms with E-state index in [-0.39, 0.29) is 11.1 Å². The van der Waals surface area contributed by atoms with Gasteiger partial charge in [0, 0.05) is 10.6 Å². The number of nitriles is 1. The molecule has 0 heterocycles. The Kier molecular flexibility index (Phi) is 6.47. The zero-order chi connectivity index (χ0) is 19.1. The van der Waals surface area contributed by atoms with Gasteiger partial charge < -0.3 is 10.4 Å². The van der Waals surface area contributed by atoms with Crippen molar-refractivity contribution >= 4 is 35.4 Å². The second-order valence-corrected chi connectivity index (χ2v) is 6.02. The lowest BCUT2D eigenvalue weighted by Gasteiger charge is -2.06. The first-order chi connectivity index (χ1) is 12.4. The fourth-order valence-electron chi connectivity index (χ4n) is 1.96. The number of thioether (sulfide) groups is 1. The van der Waals surface area contributed by atoms with Crippen molar-refractivity contribution in [2.24, 2.45) is 0 Å². The molecular weight excluding hydrogens is 362 g/mol. The number of carbonyl (C=O) groups excluding carboxylic acids is 1. The van der Waals surface area contributed by atoms with Crippen molar-refractivity contribution in [1.82, 2.24) is 0 Å². The normalized spacial score (nSPS) is 11.1. The molecular formula is C18H12F2N2O3S. The largest absolute Gasteiger partial charge is 0.478 e. The van der Waals surface area contributed by atoms with E-state index in [0.29, 0.717) is 27.9 Å². The molecule has 0 radical (unpaired) electrons. The molecule has 26 heavy (non-hydrogen) atoms. The summed E-state index contributed by atoms with van der Waals surface area (Å²) in [6.45, 7) is 0. The molecule has 132 valence electrons. The Labute approximate surface area is 152 Å². The topological polar surface area (TPSA) is 90.2 Å². The molecule has 0 spiro atoms. The number of amides is 1. The smallest absolute Gasteiger partial charge is 0.335 e. The first-order valence-corrected chi connectivity index (χ1v) is 8.08. The molecule has 2 rings (SSSR count). The van der Waals surface area contributed by atoms with Crippen LogP contribution >= 0.6 is 11.8 Å². The Hall–Kier alpha value is -3.18. The van der Waals surface area contributed by atoms with E-state index in [0.717, 1.165) is 0 Å². The first-order valence-electron chi connectivity index (χ1n) is 7.20. The van der Waals surface area contributed by atoms with Gasteiger partial charge in [0.25, 0.3) is 11.7 Å². The molecule has 0 saturated heterocycles. The van der Waals surface area contributed by atoms with Crippen LogP contribution in [0.5, 0.6) is 0 Å². The van der Waals surface area contributed by atoms with Crippen LogP contribution in [0.15, 0.2) is 59.0 Å². The van der Waals surface area contributed by atoms with E-state index in [4.69, 9.17) is 10.4 Å². The van der Waals surface area contributed by atoms with Crippen LogP contribution in [0.1, 0.15) is 15.9 Å². The van der Waals surface area contributed by atoms with Gasteiger partial charge in [0.2, 0.25) is 0 Å². The van der Waals surface area contributed by atoms with E-state index in [1.807, 2.05) is 0 Å². The maximum Gasteiger partial charge on any atom is 0.335 e. The molecule has 0 aliphatic heterocycles. The zero-order valence-corrected chi connectivity index (χ0v) is 14.0. The molecule has 2 N–H and O–H groups in total. The van der Waals surface area contributed by atoms with Crippen LogP contribution in [0.3, 0.4) is 0 Å². The van der Waals surface area contributed by atoms with Crippen LogP contribution in [0.25, 0.3) is 6.08 Å². The average Bonchev–Trinajstić information content (AvgIpc) is 2.61. The molecule has 2 aromatic rings. The molecule has 0 fully saturated rings. The quantitative estimate of drug-likeness (QED) is 0.448. The molecule has 8 heteroatoms. The molecule has 0 aliphatic rings. The third kappa shape index (κ3) is 5.43. The molecule has 5 nitrogen and oxygen atoms in total. The summed E-state index contributed by atoms with van der Waals surface area (Å²) in [5, 5.41) is 20.5. The van der Waals surface area contributed by atoms with Crippen molar-refractivity contribution in [2.45, 2.75) is 10.7 Å². The van der Waals surface area contributed by atoms with Gasteiger partial charge in [-0.1, -0.05) is 23.9 Å². The Balaban J connectivity index is 2.10. The SMILES string of the molecule is N#C/C(=C\c1ccc(C(=O)O)cc1)C(=O)Nc1ccc(SC(F)F)cc1. The summed E-state index contributed by atoms with van der Waals surface area (Å²) >= 11 is 0.390. The van der Waals surface area contributed by atoms with E-state index < -0.39 is 17.6 Å². The van der Waals surface area contributed by atoms with Crippen molar-refractivity contribution in [2.75, 3.05) is 5.32 Å². The number of carbonyl (C=O) groups is 2. The van der Waals surface area contributed by atoms with Crippen LogP contribution in [0.4, 0.5) is 14.5 Å². The molecule has 0 aromatic heterocycles. The molecule has 0 unspecified atom stereocenters. The van der Waals surface area contributed by atoms with Gasteiger partial charge in [0.05, 0.1) is 5.56 Å². The summed E-state index contributed by atoms with van der Waals surface area (Å²) < 4.78 is 24.6. The van der Waals surface area contributed by atoms with Crippen molar-refractivity contribution in [3.63, 3.8) is 0 Å². The summed E-state index contributed by atoms with van der Waals surface area (Å²) in [4.78, 5) is 23.3. The minimum absolute atomic E-state index is 0.0897. The van der Waals surface area contributed by atoms with E-state index >= 15 is 0 Å². The number of anilines is 1. The minimum atomic E-state index is -2.53. The Morgan fingerprint density at radius 2 is 1.73 bits per heavy atom. The first kappa shape index (κ1) is 19.1. The summed E-state index contributed by atoms with van der Waals surface area (Å²) in [5.74, 6) is -4.27. The predicted molar refractivity (Wildman–Crippen MR) is 93.9 cm³/mol. The Bertz CT molecular complexity index is 873. The number of hydrogen-bond donors (Lipinski definition) is 2. The fourth-order valence-corrected chi connectivity index (χ4v) is 2.45. The lowest BCUT2D eigenvalue weighted by molar-refractivity contribution is -0.112. The van der Waals surface area contributed by atoms with Gasteiger partial charge in [-0.3, -0.25) is 4.79 Å². The molecule has 1 amide bonds. The van der Waals surface area contributed by atoms with Gasteiger partial charge in [-0.2, -0.15) is 14.0 Å². The maximum atomic E-state index is 12.3. The van der Waals surface area contributed by atoms with E-state index in [1.165, 1.54) is 54.6 Å². The Morgan fingerprint density at radius 1 is 1.12 bits per heavy atom. The second-order valence-electron chi connectivity index (χ2n) is 4.95. The lowest BCUT2D eigenvalue weighted by atomic mass is 10.1. The van der Waals surface area contributed by atoms with Crippen molar-refractivity contribution in [3.8, 4) is 6.07 Å². The molecule has 0 atom stereocenters. The van der Waals surface area contributed by atoms with Gasteiger partial charge in [0.1, 0.15) is 11.6 Å². The number of nitrogens with zero attached hydrogens (tertiary/aromatic N) is 1. The summed E-state index contributed by atoms with van der Waals surface area (Å²) in [7, 11) is 0. The monoisotopic (exact) mass is 374 g/mol. The molecule has 2 aromatic carbocycles. The van der Waals surface area contributed by atoms with Crippen LogP contribution in [0.2, 0.25) is 0 Å². The van der Waals surface area contributed by atoms with Crippen molar-refractivity contribution in [1.29, 1.82) is 5.26 Å². The van der Waals surface area contributed by atoms with Gasteiger partial charge in [-0.15, -0.1) is 0 Å². The third-order valence-corrected chi connectivity index (χ3v) is 3.89. The zero-order valence-electron chi connectivity index (χ0n) is 13.1. The fraction of sp³-hybridized carbons (Fsp3) is 0.0556. The average molecular weight is 374 g/mol. The van der Waals surface area contributed by atoms with Crippen molar-refractivity contribution in [3.05, 3.63) is 65.2 Å². The van der Waals surface area contributed by atoms with Crippen LogP contribution < -0.4 is 5.32 Å². The van der Waals surface area contributed by atoms with Crippen LogP contribution in [-0.4, -0.2) is 22.7 Å². The van der Waals surface area contributed by atoms with E-state index in [1.54, 1.807) is 6.07 Å². The summed E-state index contributed by atoms with van der Waals surface area (Å²) in [6.07, 6.45) is 1.32. The highest BCUT2D eigenvalue weighted by Crippen LogP contribution is 2.26. The number of halogens is 2. The highest BCUT2D eigenvalue weighted by Gasteiger charge is 2.11. The number of rotatable bonds is 6. The number of hydrogen-bond acceptors (Lipinski definition) is 4. The molecule has 0 bridgehead atoms.